The number of aliphatic hydroxyl groups excluding tert-OH is 1. The van der Waals surface area contributed by atoms with Crippen molar-refractivity contribution in [2.24, 2.45) is 5.92 Å². The van der Waals surface area contributed by atoms with E-state index < -0.39 is 0 Å². The van der Waals surface area contributed by atoms with Crippen LogP contribution >= 0.6 is 0 Å². The smallest absolute Gasteiger partial charge is 0.317 e. The summed E-state index contributed by atoms with van der Waals surface area (Å²) >= 11 is 0. The summed E-state index contributed by atoms with van der Waals surface area (Å²) in [7, 11) is 0. The summed E-state index contributed by atoms with van der Waals surface area (Å²) < 4.78 is 0. The van der Waals surface area contributed by atoms with E-state index in [9.17, 15) is 4.79 Å². The Morgan fingerprint density at radius 1 is 1.37 bits per heavy atom. The standard InChI is InChI=1S/C15H20N2O2/c18-10-11-6-7-17(9-11)15(19)16-14-8-13(14)12-4-2-1-3-5-12/h1-5,11,13-14,18H,6-10H2,(H,16,19). The van der Waals surface area contributed by atoms with Gasteiger partial charge in [-0.15, -0.1) is 0 Å². The van der Waals surface area contributed by atoms with Gasteiger partial charge in [-0.3, -0.25) is 0 Å². The molecule has 1 saturated heterocycles. The third-order valence-electron chi connectivity index (χ3n) is 4.16. The number of nitrogens with one attached hydrogen (secondary N) is 1. The fourth-order valence-corrected chi connectivity index (χ4v) is 2.84. The minimum atomic E-state index is 0.0272. The zero-order valence-electron chi connectivity index (χ0n) is 11.0. The van der Waals surface area contributed by atoms with Crippen LogP contribution in [0.3, 0.4) is 0 Å². The van der Waals surface area contributed by atoms with Crippen molar-refractivity contribution < 1.29 is 9.90 Å². The molecule has 3 unspecified atom stereocenters. The van der Waals surface area contributed by atoms with Crippen molar-refractivity contribution in [3.05, 3.63) is 35.9 Å². The van der Waals surface area contributed by atoms with E-state index in [1.807, 2.05) is 23.1 Å². The molecule has 1 aliphatic carbocycles. The number of nitrogens with zero attached hydrogens (tertiary/aromatic N) is 1. The molecule has 4 heteroatoms. The molecule has 0 spiro atoms. The topological polar surface area (TPSA) is 52.6 Å². The van der Waals surface area contributed by atoms with Gasteiger partial charge in [0.1, 0.15) is 0 Å². The second-order valence-electron chi connectivity index (χ2n) is 5.59. The molecule has 2 aliphatic rings. The summed E-state index contributed by atoms with van der Waals surface area (Å²) in [5, 5.41) is 12.2. The molecular weight excluding hydrogens is 240 g/mol. The van der Waals surface area contributed by atoms with Crippen molar-refractivity contribution in [3.63, 3.8) is 0 Å². The molecule has 2 N–H and O–H groups in total. The molecule has 4 nitrogen and oxygen atoms in total. The molecular formula is C15H20N2O2. The predicted octanol–water partition coefficient (Wildman–Crippen LogP) is 1.57. The summed E-state index contributed by atoms with van der Waals surface area (Å²) in [6.45, 7) is 1.63. The van der Waals surface area contributed by atoms with Crippen molar-refractivity contribution >= 4 is 6.03 Å². The first-order chi connectivity index (χ1) is 9.28. The summed E-state index contributed by atoms with van der Waals surface area (Å²) in [5.41, 5.74) is 1.31. The van der Waals surface area contributed by atoms with Gasteiger partial charge in [0.05, 0.1) is 0 Å². The van der Waals surface area contributed by atoms with E-state index in [-0.39, 0.29) is 24.6 Å². The Labute approximate surface area is 113 Å². The maximum atomic E-state index is 12.1. The quantitative estimate of drug-likeness (QED) is 0.866. The first kappa shape index (κ1) is 12.5. The van der Waals surface area contributed by atoms with Crippen LogP contribution in [0.1, 0.15) is 24.3 Å². The van der Waals surface area contributed by atoms with E-state index in [4.69, 9.17) is 5.11 Å². The molecule has 1 heterocycles. The minimum Gasteiger partial charge on any atom is -0.396 e. The molecule has 1 aromatic rings. The van der Waals surface area contributed by atoms with Gasteiger partial charge in [0.2, 0.25) is 0 Å². The number of amides is 2. The Bertz CT molecular complexity index is 449. The normalized spacial score (nSPS) is 29.3. The number of hydrogen-bond donors (Lipinski definition) is 2. The lowest BCUT2D eigenvalue weighted by Crippen LogP contribution is -2.40. The second kappa shape index (κ2) is 5.21. The first-order valence-corrected chi connectivity index (χ1v) is 6.99. The molecule has 1 saturated carbocycles. The highest BCUT2D eigenvalue weighted by Crippen LogP contribution is 2.40. The Kier molecular flexibility index (Phi) is 3.42. The minimum absolute atomic E-state index is 0.0272. The highest BCUT2D eigenvalue weighted by atomic mass is 16.3. The molecule has 3 atom stereocenters. The van der Waals surface area contributed by atoms with E-state index in [1.54, 1.807) is 0 Å². The van der Waals surface area contributed by atoms with Gasteiger partial charge in [-0.25, -0.2) is 4.79 Å². The van der Waals surface area contributed by atoms with Crippen LogP contribution < -0.4 is 5.32 Å². The van der Waals surface area contributed by atoms with Crippen molar-refractivity contribution in [3.8, 4) is 0 Å². The molecule has 0 radical (unpaired) electrons. The SMILES string of the molecule is O=C(NC1CC1c1ccccc1)N1CCC(CO)C1. The number of aliphatic hydroxyl groups is 1. The summed E-state index contributed by atoms with van der Waals surface area (Å²) in [6, 6.07) is 10.6. The van der Waals surface area contributed by atoms with Crippen LogP contribution in [0.2, 0.25) is 0 Å². The molecule has 2 fully saturated rings. The van der Waals surface area contributed by atoms with Gasteiger partial charge < -0.3 is 15.3 Å². The van der Waals surface area contributed by atoms with Crippen LogP contribution in [0.4, 0.5) is 4.79 Å². The van der Waals surface area contributed by atoms with Gasteiger partial charge in [-0.2, -0.15) is 0 Å². The zero-order valence-corrected chi connectivity index (χ0v) is 11.0. The summed E-state index contributed by atoms with van der Waals surface area (Å²) in [5.74, 6) is 0.733. The Hall–Kier alpha value is -1.55. The highest BCUT2D eigenvalue weighted by molar-refractivity contribution is 5.75. The van der Waals surface area contributed by atoms with Gasteiger partial charge >= 0.3 is 6.03 Å². The maximum absolute atomic E-state index is 12.1. The van der Waals surface area contributed by atoms with Crippen LogP contribution in [0, 0.1) is 5.92 Å². The van der Waals surface area contributed by atoms with Gasteiger partial charge in [-0.1, -0.05) is 30.3 Å². The zero-order chi connectivity index (χ0) is 13.2. The fourth-order valence-electron chi connectivity index (χ4n) is 2.84. The maximum Gasteiger partial charge on any atom is 0.317 e. The van der Waals surface area contributed by atoms with Crippen molar-refractivity contribution in [2.75, 3.05) is 19.7 Å². The lowest BCUT2D eigenvalue weighted by Gasteiger charge is -2.17. The Balaban J connectivity index is 1.50. The molecule has 102 valence electrons. The lowest BCUT2D eigenvalue weighted by molar-refractivity contribution is 0.198. The van der Waals surface area contributed by atoms with E-state index in [2.05, 4.69) is 17.4 Å². The van der Waals surface area contributed by atoms with E-state index in [1.165, 1.54) is 5.56 Å². The van der Waals surface area contributed by atoms with Crippen molar-refractivity contribution in [1.29, 1.82) is 0 Å². The number of urea groups is 1. The third kappa shape index (κ3) is 2.73. The number of rotatable bonds is 3. The number of hydrogen-bond acceptors (Lipinski definition) is 2. The van der Waals surface area contributed by atoms with E-state index in [0.717, 1.165) is 19.4 Å². The van der Waals surface area contributed by atoms with E-state index >= 15 is 0 Å². The molecule has 0 aromatic heterocycles. The van der Waals surface area contributed by atoms with Crippen LogP contribution in [-0.2, 0) is 0 Å². The van der Waals surface area contributed by atoms with Crippen LogP contribution in [-0.4, -0.2) is 41.8 Å². The highest BCUT2D eigenvalue weighted by Gasteiger charge is 2.40. The number of carbonyl (C=O) groups is 1. The Morgan fingerprint density at radius 3 is 2.84 bits per heavy atom. The predicted molar refractivity (Wildman–Crippen MR) is 72.9 cm³/mol. The van der Waals surface area contributed by atoms with Gasteiger partial charge in [0.25, 0.3) is 0 Å². The average Bonchev–Trinajstić information content (AvgIpc) is 3.04. The fraction of sp³-hybridized carbons (Fsp3) is 0.533. The molecule has 3 rings (SSSR count). The molecule has 19 heavy (non-hydrogen) atoms. The van der Waals surface area contributed by atoms with Crippen LogP contribution in [0.5, 0.6) is 0 Å². The molecule has 1 aliphatic heterocycles. The van der Waals surface area contributed by atoms with Crippen LogP contribution in [0.25, 0.3) is 0 Å². The summed E-state index contributed by atoms with van der Waals surface area (Å²) in [6.07, 6.45) is 1.95. The number of likely N-dealkylation sites (tertiary alicyclic amines) is 1. The monoisotopic (exact) mass is 260 g/mol. The third-order valence-corrected chi connectivity index (χ3v) is 4.16. The van der Waals surface area contributed by atoms with Crippen molar-refractivity contribution in [1.82, 2.24) is 10.2 Å². The summed E-state index contributed by atoms with van der Waals surface area (Å²) in [4.78, 5) is 13.9. The van der Waals surface area contributed by atoms with Crippen molar-refractivity contribution in [2.45, 2.75) is 24.8 Å². The lowest BCUT2D eigenvalue weighted by atomic mass is 10.1. The van der Waals surface area contributed by atoms with Crippen LogP contribution in [0.15, 0.2) is 30.3 Å². The first-order valence-electron chi connectivity index (χ1n) is 6.99. The van der Waals surface area contributed by atoms with E-state index in [0.29, 0.717) is 12.5 Å². The largest absolute Gasteiger partial charge is 0.396 e. The Morgan fingerprint density at radius 2 is 2.16 bits per heavy atom. The molecule has 1 aromatic carbocycles. The molecule has 2 amide bonds. The van der Waals surface area contributed by atoms with Gasteiger partial charge in [0, 0.05) is 37.6 Å². The number of benzene rings is 1. The van der Waals surface area contributed by atoms with Gasteiger partial charge in [0.15, 0.2) is 0 Å². The second-order valence-corrected chi connectivity index (χ2v) is 5.59. The molecule has 0 bridgehead atoms. The average molecular weight is 260 g/mol. The van der Waals surface area contributed by atoms with Gasteiger partial charge in [-0.05, 0) is 18.4 Å². The number of carbonyl (C=O) groups excluding carboxylic acids is 1.